The van der Waals surface area contributed by atoms with Crippen LogP contribution in [0.2, 0.25) is 0 Å². The van der Waals surface area contributed by atoms with Crippen LogP contribution >= 0.6 is 11.3 Å². The minimum Gasteiger partial charge on any atom is -0.493 e. The zero-order chi connectivity index (χ0) is 25.6. The Labute approximate surface area is 211 Å². The molecule has 2 aromatic carbocycles. The smallest absolute Gasteiger partial charge is 0.290 e. The maximum atomic E-state index is 13.4. The number of aliphatic hydroxyl groups is 1. The van der Waals surface area contributed by atoms with Crippen LogP contribution < -0.4 is 4.74 Å². The fraction of sp³-hybridized carbons (Fsp3) is 0.357. The summed E-state index contributed by atoms with van der Waals surface area (Å²) < 4.78 is 5.98. The van der Waals surface area contributed by atoms with E-state index in [1.54, 1.807) is 11.3 Å². The molecule has 0 aliphatic rings. The molecule has 1 unspecified atom stereocenters. The summed E-state index contributed by atoms with van der Waals surface area (Å²) in [6.07, 6.45) is 3.37. The highest BCUT2D eigenvalue weighted by molar-refractivity contribution is 7.13. The number of nitrogens with zero attached hydrogens (tertiary/aromatic N) is 1. The van der Waals surface area contributed by atoms with Crippen LogP contribution in [-0.2, 0) is 4.79 Å². The van der Waals surface area contributed by atoms with E-state index < -0.39 is 6.23 Å². The number of aliphatic hydroxyl groups excluding tert-OH is 1. The highest BCUT2D eigenvalue weighted by atomic mass is 32.1. The lowest BCUT2D eigenvalue weighted by molar-refractivity contribution is -0.122. The molecule has 7 heteroatoms. The summed E-state index contributed by atoms with van der Waals surface area (Å²) in [4.78, 5) is 24.4. The Kier molecular flexibility index (Phi) is 12.0. The molecule has 3 aromatic rings. The Balaban J connectivity index is 0.00000137. The fourth-order valence-electron chi connectivity index (χ4n) is 3.68. The van der Waals surface area contributed by atoms with Gasteiger partial charge in [0.15, 0.2) is 6.23 Å². The third-order valence-corrected chi connectivity index (χ3v) is 6.36. The molecule has 1 atom stereocenters. The molecule has 6 nitrogen and oxygen atoms in total. The van der Waals surface area contributed by atoms with E-state index in [0.29, 0.717) is 23.5 Å². The number of amides is 1. The van der Waals surface area contributed by atoms with E-state index in [1.807, 2.05) is 73.8 Å². The van der Waals surface area contributed by atoms with Gasteiger partial charge in [-0.15, -0.1) is 11.3 Å². The molecule has 0 radical (unpaired) electrons. The van der Waals surface area contributed by atoms with Gasteiger partial charge in [-0.25, -0.2) is 0 Å². The molecule has 3 rings (SSSR count). The van der Waals surface area contributed by atoms with Crippen LogP contribution in [0.1, 0.15) is 68.6 Å². The van der Waals surface area contributed by atoms with Crippen molar-refractivity contribution in [3.63, 3.8) is 0 Å². The number of unbranched alkanes of at least 4 members (excludes halogenated alkanes) is 3. The van der Waals surface area contributed by atoms with Crippen LogP contribution in [0.3, 0.4) is 0 Å². The van der Waals surface area contributed by atoms with Gasteiger partial charge in [-0.2, -0.15) is 0 Å². The van der Waals surface area contributed by atoms with Gasteiger partial charge in [-0.3, -0.25) is 9.59 Å². The summed E-state index contributed by atoms with van der Waals surface area (Å²) in [5, 5.41) is 20.2. The van der Waals surface area contributed by atoms with E-state index in [2.05, 4.69) is 13.0 Å². The molecular weight excluding hydrogens is 462 g/mol. The Bertz CT molecular complexity index is 1020. The number of carbonyl (C=O) groups is 2. The Morgan fingerprint density at radius 2 is 1.71 bits per heavy atom. The molecular formula is C28H35NO5S. The van der Waals surface area contributed by atoms with Gasteiger partial charge in [0.25, 0.3) is 12.4 Å². The van der Waals surface area contributed by atoms with E-state index in [0.717, 1.165) is 23.3 Å². The normalized spacial score (nSPS) is 11.3. The number of hydrogen-bond acceptors (Lipinski definition) is 5. The fourth-order valence-corrected chi connectivity index (χ4v) is 4.42. The van der Waals surface area contributed by atoms with Crippen LogP contribution in [-0.4, -0.2) is 40.1 Å². The lowest BCUT2D eigenvalue weighted by atomic mass is 10.1. The third kappa shape index (κ3) is 8.23. The highest BCUT2D eigenvalue weighted by Crippen LogP contribution is 2.31. The van der Waals surface area contributed by atoms with E-state index >= 15 is 0 Å². The van der Waals surface area contributed by atoms with Gasteiger partial charge in [-0.05, 0) is 55.5 Å². The molecule has 1 amide bonds. The Morgan fingerprint density at radius 3 is 2.31 bits per heavy atom. The summed E-state index contributed by atoms with van der Waals surface area (Å²) >= 11 is 1.67. The predicted octanol–water partition coefficient (Wildman–Crippen LogP) is 6.62. The molecule has 0 fully saturated rings. The summed E-state index contributed by atoms with van der Waals surface area (Å²) in [5.41, 5.74) is 2.24. The average Bonchev–Trinajstić information content (AvgIpc) is 3.40. The molecule has 0 bridgehead atoms. The number of hydrogen-bond donors (Lipinski definition) is 2. The molecule has 0 aliphatic heterocycles. The first-order valence-electron chi connectivity index (χ1n) is 11.9. The number of para-hydroxylation sites is 1. The van der Waals surface area contributed by atoms with Crippen molar-refractivity contribution in [1.82, 2.24) is 4.90 Å². The maximum Gasteiger partial charge on any atom is 0.290 e. The van der Waals surface area contributed by atoms with E-state index in [1.165, 1.54) is 17.7 Å². The van der Waals surface area contributed by atoms with Crippen molar-refractivity contribution in [3.8, 4) is 16.2 Å². The molecule has 1 heterocycles. The van der Waals surface area contributed by atoms with Crippen molar-refractivity contribution in [2.24, 2.45) is 0 Å². The van der Waals surface area contributed by atoms with Gasteiger partial charge in [0, 0.05) is 22.0 Å². The second kappa shape index (κ2) is 15.0. The van der Waals surface area contributed by atoms with Crippen LogP contribution in [0.5, 0.6) is 5.75 Å². The first-order valence-corrected chi connectivity index (χ1v) is 12.8. The first kappa shape index (κ1) is 28.1. The van der Waals surface area contributed by atoms with Crippen molar-refractivity contribution < 1.29 is 24.5 Å². The molecule has 1 aromatic heterocycles. The van der Waals surface area contributed by atoms with E-state index in [-0.39, 0.29) is 18.4 Å². The van der Waals surface area contributed by atoms with Crippen molar-refractivity contribution in [3.05, 3.63) is 77.2 Å². The maximum absolute atomic E-state index is 13.4. The average molecular weight is 498 g/mol. The van der Waals surface area contributed by atoms with Crippen molar-refractivity contribution in [1.29, 1.82) is 0 Å². The number of carbonyl (C=O) groups excluding carboxylic acids is 1. The van der Waals surface area contributed by atoms with Gasteiger partial charge >= 0.3 is 0 Å². The number of ether oxygens (including phenoxy) is 1. The van der Waals surface area contributed by atoms with Crippen LogP contribution in [0.25, 0.3) is 10.4 Å². The van der Waals surface area contributed by atoms with Crippen LogP contribution in [0, 0.1) is 0 Å². The summed E-state index contributed by atoms with van der Waals surface area (Å²) in [5.74, 6) is 0.422. The standard InChI is InChI=1S/C27H33NO3S.CH2O2/c1-4-5-6-9-18-31-24-12-8-7-11-23(24)27(30)28(20(2)3)26(29)22-16-14-21(15-17-22)25-13-10-19-32-25;2-1-3/h7-8,10-17,19-20,27,30H,4-6,9,18H2,1-3H3;1H,(H,2,3). The second-order valence-electron chi connectivity index (χ2n) is 8.29. The molecule has 2 N–H and O–H groups in total. The van der Waals surface area contributed by atoms with Crippen molar-refractivity contribution in [2.75, 3.05) is 6.61 Å². The zero-order valence-corrected chi connectivity index (χ0v) is 21.4. The summed E-state index contributed by atoms with van der Waals surface area (Å²) in [7, 11) is 0. The minimum absolute atomic E-state index is 0.188. The quantitative estimate of drug-likeness (QED) is 0.177. The monoisotopic (exact) mass is 497 g/mol. The number of carboxylic acid groups (broad SMARTS) is 1. The lowest BCUT2D eigenvalue weighted by Gasteiger charge is -2.32. The molecule has 0 saturated heterocycles. The largest absolute Gasteiger partial charge is 0.493 e. The van der Waals surface area contributed by atoms with Crippen LogP contribution in [0.4, 0.5) is 0 Å². The van der Waals surface area contributed by atoms with E-state index in [9.17, 15) is 9.90 Å². The molecule has 35 heavy (non-hydrogen) atoms. The molecule has 0 spiro atoms. The van der Waals surface area contributed by atoms with Crippen molar-refractivity contribution in [2.45, 2.75) is 58.7 Å². The van der Waals surface area contributed by atoms with Crippen LogP contribution in [0.15, 0.2) is 66.0 Å². The summed E-state index contributed by atoms with van der Waals surface area (Å²) in [6.45, 7) is 6.36. The Morgan fingerprint density at radius 1 is 1.03 bits per heavy atom. The molecule has 0 aliphatic carbocycles. The highest BCUT2D eigenvalue weighted by Gasteiger charge is 2.29. The first-order chi connectivity index (χ1) is 16.9. The number of thiophene rings is 1. The Hall–Kier alpha value is -3.16. The van der Waals surface area contributed by atoms with Gasteiger partial charge < -0.3 is 19.8 Å². The zero-order valence-electron chi connectivity index (χ0n) is 20.6. The molecule has 188 valence electrons. The van der Waals surface area contributed by atoms with Gasteiger partial charge in [0.2, 0.25) is 0 Å². The number of rotatable bonds is 11. The van der Waals surface area contributed by atoms with Gasteiger partial charge in [0.1, 0.15) is 5.75 Å². The minimum atomic E-state index is -1.09. The third-order valence-electron chi connectivity index (χ3n) is 5.44. The number of benzene rings is 2. The van der Waals surface area contributed by atoms with Gasteiger partial charge in [-0.1, -0.05) is 62.6 Å². The van der Waals surface area contributed by atoms with Crippen molar-refractivity contribution >= 4 is 23.7 Å². The SMILES string of the molecule is CCCCCCOc1ccccc1C(O)N(C(=O)c1ccc(-c2cccs2)cc1)C(C)C.O=CO. The summed E-state index contributed by atoms with van der Waals surface area (Å²) in [6, 6.07) is 18.9. The van der Waals surface area contributed by atoms with E-state index in [4.69, 9.17) is 14.6 Å². The van der Waals surface area contributed by atoms with Gasteiger partial charge in [0.05, 0.1) is 6.61 Å². The lowest BCUT2D eigenvalue weighted by Crippen LogP contribution is -2.40. The predicted molar refractivity (Wildman–Crippen MR) is 141 cm³/mol. The molecule has 0 saturated carbocycles. The topological polar surface area (TPSA) is 87.1 Å². The second-order valence-corrected chi connectivity index (χ2v) is 9.23.